The number of nitrogens with one attached hydrogen (secondary N) is 1. The smallest absolute Gasteiger partial charge is 0.327 e. The lowest BCUT2D eigenvalue weighted by Gasteiger charge is -1.90. The summed E-state index contributed by atoms with van der Waals surface area (Å²) in [6, 6.07) is 0. The lowest BCUT2D eigenvalue weighted by Crippen LogP contribution is -2.16. The summed E-state index contributed by atoms with van der Waals surface area (Å²) in [6.07, 6.45) is 2.35. The summed E-state index contributed by atoms with van der Waals surface area (Å²) in [6.45, 7) is 0. The van der Waals surface area contributed by atoms with Gasteiger partial charge in [-0.3, -0.25) is 4.79 Å². The van der Waals surface area contributed by atoms with E-state index in [-0.39, 0.29) is 12.3 Å². The van der Waals surface area contributed by atoms with Gasteiger partial charge in [0.15, 0.2) is 0 Å². The molecular weight excluding hydrogens is 134 g/mol. The third-order valence-corrected chi connectivity index (χ3v) is 0.843. The maximum Gasteiger partial charge on any atom is 0.327 e. The summed E-state index contributed by atoms with van der Waals surface area (Å²) in [5.41, 5.74) is 0. The Hall–Kier alpha value is -1.32. The van der Waals surface area contributed by atoms with Gasteiger partial charge in [0, 0.05) is 19.5 Å². The van der Waals surface area contributed by atoms with Gasteiger partial charge in [-0.15, -0.1) is 0 Å². The highest BCUT2D eigenvalue weighted by Crippen LogP contribution is 1.81. The monoisotopic (exact) mass is 143 g/mol. The van der Waals surface area contributed by atoms with Crippen molar-refractivity contribution in [1.29, 1.82) is 0 Å². The molecule has 0 fully saturated rings. The fraction of sp³-hybridized carbons (Fsp3) is 0.333. The first-order valence-corrected chi connectivity index (χ1v) is 2.77. The van der Waals surface area contributed by atoms with Crippen molar-refractivity contribution >= 4 is 11.9 Å². The van der Waals surface area contributed by atoms with Gasteiger partial charge in [-0.1, -0.05) is 6.08 Å². The van der Waals surface area contributed by atoms with Crippen LogP contribution in [0.15, 0.2) is 12.2 Å². The van der Waals surface area contributed by atoms with Gasteiger partial charge in [-0.25, -0.2) is 4.79 Å². The van der Waals surface area contributed by atoms with Crippen molar-refractivity contribution in [3.05, 3.63) is 12.2 Å². The van der Waals surface area contributed by atoms with Crippen LogP contribution in [0, 0.1) is 0 Å². The second-order valence-electron chi connectivity index (χ2n) is 1.62. The summed E-state index contributed by atoms with van der Waals surface area (Å²) in [5.74, 6) is -1.23. The fourth-order valence-corrected chi connectivity index (χ4v) is 0.369. The van der Waals surface area contributed by atoms with Crippen LogP contribution in [0.3, 0.4) is 0 Å². The summed E-state index contributed by atoms with van der Waals surface area (Å²) in [7, 11) is 1.50. The maximum absolute atomic E-state index is 10.4. The molecule has 0 aromatic rings. The van der Waals surface area contributed by atoms with Crippen molar-refractivity contribution in [2.75, 3.05) is 7.05 Å². The van der Waals surface area contributed by atoms with Crippen molar-refractivity contribution in [2.45, 2.75) is 6.42 Å². The van der Waals surface area contributed by atoms with Gasteiger partial charge in [0.25, 0.3) is 0 Å². The van der Waals surface area contributed by atoms with Crippen molar-refractivity contribution in [3.8, 4) is 0 Å². The Morgan fingerprint density at radius 1 is 1.60 bits per heavy atom. The maximum atomic E-state index is 10.4. The highest BCUT2D eigenvalue weighted by Gasteiger charge is 1.91. The van der Waals surface area contributed by atoms with Gasteiger partial charge in [0.2, 0.25) is 5.91 Å². The number of carboxylic acids is 1. The molecule has 1 amide bonds. The van der Waals surface area contributed by atoms with Gasteiger partial charge in [0.1, 0.15) is 0 Å². The molecule has 0 aliphatic carbocycles. The third kappa shape index (κ3) is 4.83. The van der Waals surface area contributed by atoms with Gasteiger partial charge in [-0.2, -0.15) is 0 Å². The van der Waals surface area contributed by atoms with E-state index >= 15 is 0 Å². The molecular formula is C6H9NO3. The van der Waals surface area contributed by atoms with Crippen LogP contribution in [0.25, 0.3) is 0 Å². The summed E-state index contributed by atoms with van der Waals surface area (Å²) < 4.78 is 0. The molecule has 0 atom stereocenters. The average Bonchev–Trinajstić information content (AvgIpc) is 1.87. The van der Waals surface area contributed by atoms with E-state index in [4.69, 9.17) is 5.11 Å². The van der Waals surface area contributed by atoms with E-state index in [0.717, 1.165) is 6.08 Å². The molecule has 0 aromatic heterocycles. The third-order valence-electron chi connectivity index (χ3n) is 0.843. The van der Waals surface area contributed by atoms with Crippen LogP contribution in [0.4, 0.5) is 0 Å². The van der Waals surface area contributed by atoms with Gasteiger partial charge >= 0.3 is 5.97 Å². The SMILES string of the molecule is CNC(=O)CC=CC(=O)O. The van der Waals surface area contributed by atoms with Crippen LogP contribution in [-0.4, -0.2) is 24.0 Å². The van der Waals surface area contributed by atoms with Gasteiger partial charge in [-0.05, 0) is 0 Å². The molecule has 0 saturated carbocycles. The Morgan fingerprint density at radius 2 is 2.20 bits per heavy atom. The molecule has 0 aliphatic rings. The van der Waals surface area contributed by atoms with Crippen LogP contribution in [0.2, 0.25) is 0 Å². The Morgan fingerprint density at radius 3 is 2.60 bits per heavy atom. The zero-order valence-corrected chi connectivity index (χ0v) is 5.63. The molecule has 4 heteroatoms. The molecule has 0 heterocycles. The molecule has 0 saturated heterocycles. The van der Waals surface area contributed by atoms with Gasteiger partial charge < -0.3 is 10.4 Å². The second kappa shape index (κ2) is 4.55. The number of carboxylic acid groups (broad SMARTS) is 1. The number of hydrogen-bond donors (Lipinski definition) is 2. The molecule has 56 valence electrons. The quantitative estimate of drug-likeness (QED) is 0.536. The van der Waals surface area contributed by atoms with Crippen LogP contribution in [0.5, 0.6) is 0 Å². The summed E-state index contributed by atoms with van der Waals surface area (Å²) in [5, 5.41) is 10.4. The number of carbonyl (C=O) groups is 2. The minimum atomic E-state index is -1.04. The molecule has 2 N–H and O–H groups in total. The number of hydrogen-bond acceptors (Lipinski definition) is 2. The van der Waals surface area contributed by atoms with Crippen LogP contribution < -0.4 is 5.32 Å². The topological polar surface area (TPSA) is 66.4 Å². The number of carbonyl (C=O) groups excluding carboxylic acids is 1. The van der Waals surface area contributed by atoms with E-state index in [2.05, 4.69) is 5.32 Å². The molecule has 10 heavy (non-hydrogen) atoms. The minimum absolute atomic E-state index is 0.114. The molecule has 0 radical (unpaired) electrons. The van der Waals surface area contributed by atoms with E-state index < -0.39 is 5.97 Å². The first-order valence-electron chi connectivity index (χ1n) is 2.77. The molecule has 0 rings (SSSR count). The summed E-state index contributed by atoms with van der Waals surface area (Å²) in [4.78, 5) is 20.3. The van der Waals surface area contributed by atoms with Crippen molar-refractivity contribution in [1.82, 2.24) is 5.32 Å². The first kappa shape index (κ1) is 8.68. The molecule has 0 unspecified atom stereocenters. The Bertz CT molecular complexity index is 162. The van der Waals surface area contributed by atoms with E-state index in [1.165, 1.54) is 13.1 Å². The van der Waals surface area contributed by atoms with Gasteiger partial charge in [0.05, 0.1) is 0 Å². The van der Waals surface area contributed by atoms with Crippen LogP contribution >= 0.6 is 0 Å². The van der Waals surface area contributed by atoms with Crippen molar-refractivity contribution in [3.63, 3.8) is 0 Å². The van der Waals surface area contributed by atoms with E-state index in [1.54, 1.807) is 0 Å². The molecule has 0 aliphatic heterocycles. The molecule has 0 aromatic carbocycles. The largest absolute Gasteiger partial charge is 0.478 e. The lowest BCUT2D eigenvalue weighted by molar-refractivity contribution is -0.131. The van der Waals surface area contributed by atoms with Crippen molar-refractivity contribution < 1.29 is 14.7 Å². The molecule has 0 spiro atoms. The molecule has 4 nitrogen and oxygen atoms in total. The first-order chi connectivity index (χ1) is 4.66. The number of rotatable bonds is 3. The predicted molar refractivity (Wildman–Crippen MR) is 35.5 cm³/mol. The van der Waals surface area contributed by atoms with Crippen molar-refractivity contribution in [2.24, 2.45) is 0 Å². The molecule has 0 bridgehead atoms. The zero-order chi connectivity index (χ0) is 7.98. The summed E-state index contributed by atoms with van der Waals surface area (Å²) >= 11 is 0. The second-order valence-corrected chi connectivity index (χ2v) is 1.62. The highest BCUT2D eigenvalue weighted by molar-refractivity contribution is 5.82. The highest BCUT2D eigenvalue weighted by atomic mass is 16.4. The van der Waals surface area contributed by atoms with E-state index in [1.807, 2.05) is 0 Å². The standard InChI is InChI=1S/C6H9NO3/c1-7-5(8)3-2-4-6(9)10/h2,4H,3H2,1H3,(H,7,8)(H,9,10). The average molecular weight is 143 g/mol. The normalized spacial score (nSPS) is 9.70. The van der Waals surface area contributed by atoms with E-state index in [0.29, 0.717) is 0 Å². The number of amides is 1. The van der Waals surface area contributed by atoms with Crippen LogP contribution in [-0.2, 0) is 9.59 Å². The minimum Gasteiger partial charge on any atom is -0.478 e. The lowest BCUT2D eigenvalue weighted by atomic mass is 10.3. The Balaban J connectivity index is 3.53. The Labute approximate surface area is 58.5 Å². The fourth-order valence-electron chi connectivity index (χ4n) is 0.369. The predicted octanol–water partition coefficient (Wildman–Crippen LogP) is -0.237. The van der Waals surface area contributed by atoms with E-state index in [9.17, 15) is 9.59 Å². The zero-order valence-electron chi connectivity index (χ0n) is 5.63. The number of aliphatic carboxylic acids is 1. The Kier molecular flexibility index (Phi) is 3.95. The van der Waals surface area contributed by atoms with Crippen LogP contribution in [0.1, 0.15) is 6.42 Å².